The predicted molar refractivity (Wildman–Crippen MR) is 75.9 cm³/mol. The Morgan fingerprint density at radius 1 is 1.35 bits per heavy atom. The van der Waals surface area contributed by atoms with Crippen LogP contribution in [0.15, 0.2) is 18.2 Å². The van der Waals surface area contributed by atoms with E-state index in [2.05, 4.69) is 54.9 Å². The van der Waals surface area contributed by atoms with E-state index < -0.39 is 0 Å². The van der Waals surface area contributed by atoms with Crippen LogP contribution in [0.3, 0.4) is 0 Å². The summed E-state index contributed by atoms with van der Waals surface area (Å²) in [5, 5.41) is 0. The van der Waals surface area contributed by atoms with Gasteiger partial charge in [-0.2, -0.15) is 0 Å². The van der Waals surface area contributed by atoms with E-state index in [9.17, 15) is 0 Å². The molecule has 1 fully saturated rings. The van der Waals surface area contributed by atoms with Crippen LogP contribution in [-0.2, 0) is 11.2 Å². The van der Waals surface area contributed by atoms with Gasteiger partial charge in [-0.3, -0.25) is 0 Å². The van der Waals surface area contributed by atoms with Crippen LogP contribution in [0.4, 0.5) is 0 Å². The SMILES string of the molecule is Cc1ccc(CC(Br)C2COC(C)C2)cc1C. The minimum Gasteiger partial charge on any atom is -0.378 e. The highest BCUT2D eigenvalue weighted by Crippen LogP contribution is 2.29. The lowest BCUT2D eigenvalue weighted by Gasteiger charge is -2.16. The lowest BCUT2D eigenvalue weighted by atomic mass is 9.95. The molecule has 2 heteroatoms. The highest BCUT2D eigenvalue weighted by molar-refractivity contribution is 9.09. The molecule has 1 aliphatic heterocycles. The number of aryl methyl sites for hydroxylation is 2. The van der Waals surface area contributed by atoms with E-state index in [-0.39, 0.29) is 0 Å². The molecule has 1 aromatic carbocycles. The summed E-state index contributed by atoms with van der Waals surface area (Å²) >= 11 is 3.83. The van der Waals surface area contributed by atoms with E-state index in [1.165, 1.54) is 23.1 Å². The van der Waals surface area contributed by atoms with Gasteiger partial charge in [0.25, 0.3) is 0 Å². The van der Waals surface area contributed by atoms with Gasteiger partial charge in [0, 0.05) is 4.83 Å². The van der Waals surface area contributed by atoms with Crippen molar-refractivity contribution in [1.29, 1.82) is 0 Å². The van der Waals surface area contributed by atoms with Gasteiger partial charge in [-0.25, -0.2) is 0 Å². The first-order valence-electron chi connectivity index (χ1n) is 6.38. The molecule has 3 atom stereocenters. The van der Waals surface area contributed by atoms with Crippen molar-refractivity contribution in [3.63, 3.8) is 0 Å². The molecule has 1 heterocycles. The van der Waals surface area contributed by atoms with Crippen molar-refractivity contribution in [2.24, 2.45) is 5.92 Å². The van der Waals surface area contributed by atoms with E-state index in [1.807, 2.05) is 0 Å². The smallest absolute Gasteiger partial charge is 0.0551 e. The molecule has 0 bridgehead atoms. The Hall–Kier alpha value is -0.340. The third kappa shape index (κ3) is 3.32. The number of benzene rings is 1. The van der Waals surface area contributed by atoms with Crippen LogP contribution in [0, 0.1) is 19.8 Å². The van der Waals surface area contributed by atoms with Gasteiger partial charge in [0.15, 0.2) is 0 Å². The molecule has 0 spiro atoms. The van der Waals surface area contributed by atoms with Crippen molar-refractivity contribution in [3.8, 4) is 0 Å². The second kappa shape index (κ2) is 5.53. The van der Waals surface area contributed by atoms with Gasteiger partial charge < -0.3 is 4.74 Å². The maximum atomic E-state index is 5.64. The average molecular weight is 297 g/mol. The summed E-state index contributed by atoms with van der Waals surface area (Å²) in [6.07, 6.45) is 2.71. The van der Waals surface area contributed by atoms with E-state index >= 15 is 0 Å². The minimum absolute atomic E-state index is 0.430. The minimum atomic E-state index is 0.430. The Morgan fingerprint density at radius 3 is 2.71 bits per heavy atom. The standard InChI is InChI=1S/C15H21BrO/c1-10-4-5-13(6-11(10)2)8-15(16)14-7-12(3)17-9-14/h4-6,12,14-15H,7-9H2,1-3H3. The topological polar surface area (TPSA) is 9.23 Å². The van der Waals surface area contributed by atoms with Gasteiger partial charge in [0.05, 0.1) is 12.7 Å². The summed E-state index contributed by atoms with van der Waals surface area (Å²) in [7, 11) is 0. The Bertz CT molecular complexity index is 389. The van der Waals surface area contributed by atoms with Crippen LogP contribution in [0.2, 0.25) is 0 Å². The van der Waals surface area contributed by atoms with Gasteiger partial charge in [0.1, 0.15) is 0 Å². The Kier molecular flexibility index (Phi) is 4.26. The molecule has 1 aliphatic rings. The molecule has 0 amide bonds. The summed E-state index contributed by atoms with van der Waals surface area (Å²) in [6.45, 7) is 7.41. The summed E-state index contributed by atoms with van der Waals surface area (Å²) in [4.78, 5) is 0.537. The fraction of sp³-hybridized carbons (Fsp3) is 0.600. The summed E-state index contributed by atoms with van der Waals surface area (Å²) in [5.74, 6) is 0.659. The van der Waals surface area contributed by atoms with Crippen LogP contribution in [0.25, 0.3) is 0 Å². The second-order valence-electron chi connectivity index (χ2n) is 5.28. The van der Waals surface area contributed by atoms with Crippen molar-refractivity contribution in [2.75, 3.05) is 6.61 Å². The molecule has 2 rings (SSSR count). The lowest BCUT2D eigenvalue weighted by Crippen LogP contribution is -2.17. The number of halogens is 1. The summed E-state index contributed by atoms with van der Waals surface area (Å²) < 4.78 is 5.64. The van der Waals surface area contributed by atoms with Gasteiger partial charge >= 0.3 is 0 Å². The molecule has 0 saturated carbocycles. The molecule has 0 radical (unpaired) electrons. The first-order chi connectivity index (χ1) is 8.06. The van der Waals surface area contributed by atoms with Gasteiger partial charge in [-0.05, 0) is 56.2 Å². The van der Waals surface area contributed by atoms with Crippen LogP contribution in [-0.4, -0.2) is 17.5 Å². The Labute approximate surface area is 113 Å². The lowest BCUT2D eigenvalue weighted by molar-refractivity contribution is 0.120. The normalized spacial score (nSPS) is 26.1. The van der Waals surface area contributed by atoms with Gasteiger partial charge in [0.2, 0.25) is 0 Å². The summed E-state index contributed by atoms with van der Waals surface area (Å²) in [5.41, 5.74) is 4.19. The Balaban J connectivity index is 1.98. The van der Waals surface area contributed by atoms with Crippen molar-refractivity contribution < 1.29 is 4.74 Å². The van der Waals surface area contributed by atoms with Crippen LogP contribution in [0.1, 0.15) is 30.0 Å². The maximum absolute atomic E-state index is 5.64. The third-order valence-corrected chi connectivity index (χ3v) is 4.81. The van der Waals surface area contributed by atoms with E-state index in [4.69, 9.17) is 4.74 Å². The number of ether oxygens (including phenoxy) is 1. The number of hydrogen-bond acceptors (Lipinski definition) is 1. The van der Waals surface area contributed by atoms with Crippen LogP contribution < -0.4 is 0 Å². The van der Waals surface area contributed by atoms with Crippen LogP contribution >= 0.6 is 15.9 Å². The first-order valence-corrected chi connectivity index (χ1v) is 7.29. The second-order valence-corrected chi connectivity index (χ2v) is 6.45. The fourth-order valence-corrected chi connectivity index (χ4v) is 3.17. The van der Waals surface area contributed by atoms with E-state index in [0.29, 0.717) is 16.8 Å². The van der Waals surface area contributed by atoms with Crippen molar-refractivity contribution in [2.45, 2.75) is 44.5 Å². The molecular weight excluding hydrogens is 276 g/mol. The molecule has 17 heavy (non-hydrogen) atoms. The molecule has 1 nitrogen and oxygen atoms in total. The third-order valence-electron chi connectivity index (χ3n) is 3.74. The quantitative estimate of drug-likeness (QED) is 0.765. The molecular formula is C15H21BrO. The highest BCUT2D eigenvalue weighted by atomic mass is 79.9. The molecule has 0 aromatic heterocycles. The zero-order chi connectivity index (χ0) is 12.4. The number of rotatable bonds is 3. The monoisotopic (exact) mass is 296 g/mol. The molecule has 1 saturated heterocycles. The summed E-state index contributed by atoms with van der Waals surface area (Å²) in [6, 6.07) is 6.77. The molecule has 3 unspecified atom stereocenters. The zero-order valence-electron chi connectivity index (χ0n) is 10.9. The Morgan fingerprint density at radius 2 is 2.12 bits per heavy atom. The highest BCUT2D eigenvalue weighted by Gasteiger charge is 2.27. The molecule has 0 aliphatic carbocycles. The predicted octanol–water partition coefficient (Wildman–Crippen LogP) is 4.03. The number of alkyl halides is 1. The fourth-order valence-electron chi connectivity index (χ4n) is 2.42. The van der Waals surface area contributed by atoms with Crippen molar-refractivity contribution in [3.05, 3.63) is 34.9 Å². The molecule has 0 N–H and O–H groups in total. The van der Waals surface area contributed by atoms with Crippen molar-refractivity contribution >= 4 is 15.9 Å². The number of hydrogen-bond donors (Lipinski definition) is 0. The van der Waals surface area contributed by atoms with Crippen molar-refractivity contribution in [1.82, 2.24) is 0 Å². The maximum Gasteiger partial charge on any atom is 0.0551 e. The van der Waals surface area contributed by atoms with E-state index in [0.717, 1.165) is 13.0 Å². The first kappa shape index (κ1) is 13.1. The van der Waals surface area contributed by atoms with Gasteiger partial charge in [-0.1, -0.05) is 34.1 Å². The molecule has 1 aromatic rings. The molecule has 94 valence electrons. The van der Waals surface area contributed by atoms with Crippen LogP contribution in [0.5, 0.6) is 0 Å². The zero-order valence-corrected chi connectivity index (χ0v) is 12.5. The largest absolute Gasteiger partial charge is 0.378 e. The van der Waals surface area contributed by atoms with E-state index in [1.54, 1.807) is 0 Å². The van der Waals surface area contributed by atoms with Gasteiger partial charge in [-0.15, -0.1) is 0 Å². The average Bonchev–Trinajstić information content (AvgIpc) is 2.70.